The van der Waals surface area contributed by atoms with Crippen molar-refractivity contribution in [2.24, 2.45) is 5.84 Å². The molecule has 1 amide bonds. The molecule has 1 aliphatic heterocycles. The molecule has 0 radical (unpaired) electrons. The first-order valence-electron chi connectivity index (χ1n) is 7.00. The number of nitrogens with zero attached hydrogens (tertiary/aromatic N) is 4. The predicted octanol–water partition coefficient (Wildman–Crippen LogP) is -0.339. The molecule has 1 aromatic rings. The highest BCUT2D eigenvalue weighted by molar-refractivity contribution is 5.73. The van der Waals surface area contributed by atoms with Crippen molar-refractivity contribution in [1.29, 1.82) is 0 Å². The van der Waals surface area contributed by atoms with E-state index < -0.39 is 0 Å². The summed E-state index contributed by atoms with van der Waals surface area (Å²) in [5, 5.41) is 2.90. The summed E-state index contributed by atoms with van der Waals surface area (Å²) in [4.78, 5) is 25.6. The minimum absolute atomic E-state index is 0.0335. The van der Waals surface area contributed by atoms with Crippen LogP contribution in [0.4, 0.5) is 11.9 Å². The number of amides is 1. The zero-order chi connectivity index (χ0) is 15.2. The van der Waals surface area contributed by atoms with Crippen LogP contribution in [-0.4, -0.2) is 46.6 Å². The van der Waals surface area contributed by atoms with Crippen LogP contribution in [-0.2, 0) is 4.79 Å². The van der Waals surface area contributed by atoms with Crippen molar-refractivity contribution in [3.63, 3.8) is 0 Å². The Bertz CT molecular complexity index is 496. The van der Waals surface area contributed by atoms with E-state index in [2.05, 4.69) is 25.7 Å². The largest absolute Gasteiger partial charge is 0.463 e. The van der Waals surface area contributed by atoms with Gasteiger partial charge in [0.05, 0.1) is 6.61 Å². The number of carbonyl (C=O) groups excluding carboxylic acids is 1. The third-order valence-corrected chi connectivity index (χ3v) is 3.05. The Morgan fingerprint density at radius 1 is 1.48 bits per heavy atom. The van der Waals surface area contributed by atoms with Gasteiger partial charge >= 0.3 is 6.01 Å². The van der Waals surface area contributed by atoms with Gasteiger partial charge in [0.15, 0.2) is 0 Å². The number of rotatable bonds is 6. The van der Waals surface area contributed by atoms with E-state index in [0.717, 1.165) is 19.4 Å². The molecule has 0 bridgehead atoms. The first kappa shape index (κ1) is 15.2. The van der Waals surface area contributed by atoms with Gasteiger partial charge in [-0.25, -0.2) is 5.84 Å². The fraction of sp³-hybridized carbons (Fsp3) is 0.667. The fourth-order valence-electron chi connectivity index (χ4n) is 2.16. The molecule has 0 saturated carbocycles. The molecule has 9 nitrogen and oxygen atoms in total. The van der Waals surface area contributed by atoms with Gasteiger partial charge in [-0.2, -0.15) is 15.0 Å². The monoisotopic (exact) mass is 295 g/mol. The van der Waals surface area contributed by atoms with Gasteiger partial charge in [0.2, 0.25) is 17.8 Å². The highest BCUT2D eigenvalue weighted by atomic mass is 16.5. The summed E-state index contributed by atoms with van der Waals surface area (Å²) in [6.45, 7) is 5.45. The fourth-order valence-corrected chi connectivity index (χ4v) is 2.16. The molecule has 0 aliphatic carbocycles. The standard InChI is InChI=1S/C12H21N7O2/c1-3-6-21-12-16-10(18-13)15-11(17-12)19-5-4-9(7-19)14-8(2)20/h9H,3-7,13H2,1-2H3,(H,14,20)(H,15,16,17,18). The number of hydrazine groups is 1. The Morgan fingerprint density at radius 3 is 2.95 bits per heavy atom. The molecule has 2 heterocycles. The summed E-state index contributed by atoms with van der Waals surface area (Å²) in [7, 11) is 0. The van der Waals surface area contributed by atoms with E-state index in [4.69, 9.17) is 10.6 Å². The number of carbonyl (C=O) groups is 1. The van der Waals surface area contributed by atoms with E-state index in [1.54, 1.807) is 0 Å². The van der Waals surface area contributed by atoms with Crippen molar-refractivity contribution in [1.82, 2.24) is 20.3 Å². The number of hydrogen-bond acceptors (Lipinski definition) is 8. The second kappa shape index (κ2) is 7.02. The average Bonchev–Trinajstić information content (AvgIpc) is 2.92. The Morgan fingerprint density at radius 2 is 2.29 bits per heavy atom. The van der Waals surface area contributed by atoms with Gasteiger partial charge < -0.3 is 15.0 Å². The van der Waals surface area contributed by atoms with Crippen LogP contribution < -0.4 is 26.2 Å². The molecule has 116 valence electrons. The summed E-state index contributed by atoms with van der Waals surface area (Å²) in [5.41, 5.74) is 2.41. The van der Waals surface area contributed by atoms with E-state index in [0.29, 0.717) is 19.1 Å². The second-order valence-electron chi connectivity index (χ2n) is 4.87. The van der Waals surface area contributed by atoms with Crippen molar-refractivity contribution < 1.29 is 9.53 Å². The van der Waals surface area contributed by atoms with Crippen molar-refractivity contribution in [3.8, 4) is 6.01 Å². The van der Waals surface area contributed by atoms with E-state index in [-0.39, 0.29) is 23.9 Å². The molecule has 2 rings (SSSR count). The van der Waals surface area contributed by atoms with Crippen LogP contribution in [0.1, 0.15) is 26.7 Å². The van der Waals surface area contributed by atoms with Crippen LogP contribution in [0.3, 0.4) is 0 Å². The normalized spacial score (nSPS) is 17.7. The second-order valence-corrected chi connectivity index (χ2v) is 4.87. The molecule has 1 aromatic heterocycles. The van der Waals surface area contributed by atoms with Crippen LogP contribution in [0, 0.1) is 0 Å². The quantitative estimate of drug-likeness (QED) is 0.482. The van der Waals surface area contributed by atoms with Crippen molar-refractivity contribution in [2.45, 2.75) is 32.7 Å². The molecular weight excluding hydrogens is 274 g/mol. The molecule has 1 aliphatic rings. The average molecular weight is 295 g/mol. The van der Waals surface area contributed by atoms with Crippen LogP contribution in [0.2, 0.25) is 0 Å². The topological polar surface area (TPSA) is 118 Å². The number of aromatic nitrogens is 3. The van der Waals surface area contributed by atoms with Crippen molar-refractivity contribution >= 4 is 17.8 Å². The lowest BCUT2D eigenvalue weighted by molar-refractivity contribution is -0.119. The number of ether oxygens (including phenoxy) is 1. The zero-order valence-electron chi connectivity index (χ0n) is 12.3. The van der Waals surface area contributed by atoms with Crippen LogP contribution in [0.15, 0.2) is 0 Å². The Labute approximate surface area is 123 Å². The third-order valence-electron chi connectivity index (χ3n) is 3.05. The summed E-state index contributed by atoms with van der Waals surface area (Å²) in [6, 6.07) is 0.353. The van der Waals surface area contributed by atoms with Crippen molar-refractivity contribution in [3.05, 3.63) is 0 Å². The highest BCUT2D eigenvalue weighted by Gasteiger charge is 2.25. The van der Waals surface area contributed by atoms with Crippen LogP contribution in [0.25, 0.3) is 0 Å². The van der Waals surface area contributed by atoms with E-state index in [9.17, 15) is 4.79 Å². The summed E-state index contributed by atoms with van der Waals surface area (Å²) >= 11 is 0. The Balaban J connectivity index is 2.10. The number of nitrogens with one attached hydrogen (secondary N) is 2. The maximum absolute atomic E-state index is 11.1. The first-order valence-corrected chi connectivity index (χ1v) is 7.00. The zero-order valence-corrected chi connectivity index (χ0v) is 12.3. The minimum atomic E-state index is -0.0335. The smallest absolute Gasteiger partial charge is 0.323 e. The van der Waals surface area contributed by atoms with Gasteiger partial charge in [0, 0.05) is 26.1 Å². The number of hydrogen-bond donors (Lipinski definition) is 3. The van der Waals surface area contributed by atoms with Gasteiger partial charge in [0.25, 0.3) is 0 Å². The predicted molar refractivity (Wildman–Crippen MR) is 77.9 cm³/mol. The third kappa shape index (κ3) is 4.15. The maximum atomic E-state index is 11.1. The number of nitrogens with two attached hydrogens (primary N) is 1. The summed E-state index contributed by atoms with van der Waals surface area (Å²) in [5.74, 6) is 6.10. The Hall–Kier alpha value is -2.16. The molecule has 1 fully saturated rings. The molecule has 0 spiro atoms. The van der Waals surface area contributed by atoms with Gasteiger partial charge in [-0.15, -0.1) is 0 Å². The van der Waals surface area contributed by atoms with Crippen molar-refractivity contribution in [2.75, 3.05) is 30.0 Å². The van der Waals surface area contributed by atoms with Gasteiger partial charge in [-0.1, -0.05) is 6.92 Å². The van der Waals surface area contributed by atoms with E-state index >= 15 is 0 Å². The SMILES string of the molecule is CCCOc1nc(NN)nc(N2CCC(NC(C)=O)C2)n1. The summed E-state index contributed by atoms with van der Waals surface area (Å²) in [6.07, 6.45) is 1.71. The first-order chi connectivity index (χ1) is 10.1. The van der Waals surface area contributed by atoms with E-state index in [1.807, 2.05) is 11.8 Å². The molecule has 1 atom stereocenters. The number of anilines is 2. The Kier molecular flexibility index (Phi) is 5.09. The lowest BCUT2D eigenvalue weighted by atomic mass is 10.3. The van der Waals surface area contributed by atoms with Crippen LogP contribution in [0.5, 0.6) is 6.01 Å². The van der Waals surface area contributed by atoms with Gasteiger partial charge in [-0.3, -0.25) is 10.2 Å². The molecule has 1 unspecified atom stereocenters. The molecule has 0 aromatic carbocycles. The molecular formula is C12H21N7O2. The number of nitrogen functional groups attached to an aromatic ring is 1. The van der Waals surface area contributed by atoms with Gasteiger partial charge in [-0.05, 0) is 12.8 Å². The molecule has 9 heteroatoms. The van der Waals surface area contributed by atoms with E-state index in [1.165, 1.54) is 6.92 Å². The maximum Gasteiger partial charge on any atom is 0.323 e. The highest BCUT2D eigenvalue weighted by Crippen LogP contribution is 2.19. The lowest BCUT2D eigenvalue weighted by Crippen LogP contribution is -2.36. The molecule has 21 heavy (non-hydrogen) atoms. The lowest BCUT2D eigenvalue weighted by Gasteiger charge is -2.17. The molecule has 1 saturated heterocycles. The van der Waals surface area contributed by atoms with Crippen LogP contribution >= 0.6 is 0 Å². The minimum Gasteiger partial charge on any atom is -0.463 e. The molecule has 4 N–H and O–H groups in total. The van der Waals surface area contributed by atoms with Gasteiger partial charge in [0.1, 0.15) is 0 Å². The summed E-state index contributed by atoms with van der Waals surface area (Å²) < 4.78 is 5.44.